The molecule has 0 N–H and O–H groups in total. The maximum Gasteiger partial charge on any atom is 0.309 e. The lowest BCUT2D eigenvalue weighted by Crippen LogP contribution is -2.40. The Kier molecular flexibility index (Phi) is 5.71. The van der Waals surface area contributed by atoms with Crippen molar-refractivity contribution in [1.29, 1.82) is 0 Å². The number of benzene rings is 1. The molecule has 1 fully saturated rings. The highest BCUT2D eigenvalue weighted by molar-refractivity contribution is 7.13. The molecular weight excluding hydrogens is 395 g/mol. The van der Waals surface area contributed by atoms with Crippen LogP contribution >= 0.6 is 11.3 Å². The van der Waals surface area contributed by atoms with E-state index >= 15 is 0 Å². The van der Waals surface area contributed by atoms with E-state index in [2.05, 4.69) is 4.98 Å². The molecule has 0 aliphatic carbocycles. The van der Waals surface area contributed by atoms with Crippen LogP contribution in [0.4, 0.5) is 4.39 Å². The minimum absolute atomic E-state index is 0.116. The van der Waals surface area contributed by atoms with Crippen LogP contribution in [-0.4, -0.2) is 34.8 Å². The third kappa shape index (κ3) is 4.54. The van der Waals surface area contributed by atoms with Crippen LogP contribution in [0.1, 0.15) is 28.9 Å². The fourth-order valence-corrected chi connectivity index (χ4v) is 4.01. The number of rotatable bonds is 5. The van der Waals surface area contributed by atoms with Crippen LogP contribution in [0.25, 0.3) is 10.8 Å². The highest BCUT2D eigenvalue weighted by Crippen LogP contribution is 2.25. The molecule has 1 amide bonds. The van der Waals surface area contributed by atoms with Gasteiger partial charge in [-0.25, -0.2) is 9.37 Å². The van der Waals surface area contributed by atoms with Gasteiger partial charge in [0.25, 0.3) is 5.91 Å². The summed E-state index contributed by atoms with van der Waals surface area (Å²) in [6.45, 7) is 1.05. The average Bonchev–Trinajstić information content (AvgIpc) is 3.44. The molecule has 2 aromatic heterocycles. The molecule has 0 unspecified atom stereocenters. The maximum absolute atomic E-state index is 13.0. The third-order valence-corrected chi connectivity index (χ3v) is 5.76. The molecule has 1 saturated heterocycles. The van der Waals surface area contributed by atoms with Crippen molar-refractivity contribution < 1.29 is 23.1 Å². The number of carbonyl (C=O) groups excluding carboxylic acids is 2. The molecule has 0 bridgehead atoms. The highest BCUT2D eigenvalue weighted by Gasteiger charge is 2.29. The quantitative estimate of drug-likeness (QED) is 0.587. The Bertz CT molecular complexity index is 977. The van der Waals surface area contributed by atoms with Gasteiger partial charge >= 0.3 is 5.97 Å². The van der Waals surface area contributed by atoms with Gasteiger partial charge in [0.15, 0.2) is 10.8 Å². The number of thiazole rings is 1. The number of ether oxygens (including phenoxy) is 1. The van der Waals surface area contributed by atoms with E-state index in [1.54, 1.807) is 17.2 Å². The van der Waals surface area contributed by atoms with E-state index in [4.69, 9.17) is 9.15 Å². The number of nitrogens with zero attached hydrogens (tertiary/aromatic N) is 2. The topological polar surface area (TPSA) is 72.6 Å². The fraction of sp³-hybridized carbons (Fsp3) is 0.286. The van der Waals surface area contributed by atoms with E-state index in [1.165, 1.54) is 35.6 Å². The zero-order chi connectivity index (χ0) is 20.2. The standard InChI is InChI=1S/C21H19FN2O4S/c22-16-5-3-14(4-6-16)20(25)24-9-7-15(8-10-24)21(26)28-12-17-13-29-19(23-17)18-2-1-11-27-18/h1-6,11,13,15H,7-10,12H2. The molecule has 0 atom stereocenters. The summed E-state index contributed by atoms with van der Waals surface area (Å²) in [5.41, 5.74) is 1.13. The zero-order valence-electron chi connectivity index (χ0n) is 15.5. The first-order valence-corrected chi connectivity index (χ1v) is 10.2. The van der Waals surface area contributed by atoms with Crippen molar-refractivity contribution in [3.63, 3.8) is 0 Å². The predicted molar refractivity (Wildman–Crippen MR) is 105 cm³/mol. The normalized spacial score (nSPS) is 14.7. The van der Waals surface area contributed by atoms with E-state index in [1.807, 2.05) is 11.4 Å². The number of hydrogen-bond acceptors (Lipinski definition) is 6. The van der Waals surface area contributed by atoms with Crippen LogP contribution in [0.3, 0.4) is 0 Å². The minimum Gasteiger partial charge on any atom is -0.462 e. The van der Waals surface area contributed by atoms with Gasteiger partial charge in [0.1, 0.15) is 12.4 Å². The summed E-state index contributed by atoms with van der Waals surface area (Å²) in [7, 11) is 0. The molecule has 0 spiro atoms. The van der Waals surface area contributed by atoms with Crippen molar-refractivity contribution in [2.75, 3.05) is 13.1 Å². The van der Waals surface area contributed by atoms with Crippen LogP contribution in [0, 0.1) is 11.7 Å². The fourth-order valence-electron chi connectivity index (χ4n) is 3.24. The molecule has 1 aliphatic heterocycles. The van der Waals surface area contributed by atoms with Gasteiger partial charge in [-0.2, -0.15) is 0 Å². The first-order valence-electron chi connectivity index (χ1n) is 9.30. The summed E-state index contributed by atoms with van der Waals surface area (Å²) in [4.78, 5) is 31.0. The molecule has 8 heteroatoms. The summed E-state index contributed by atoms with van der Waals surface area (Å²) < 4.78 is 23.7. The Balaban J connectivity index is 1.26. The summed E-state index contributed by atoms with van der Waals surface area (Å²) >= 11 is 1.43. The van der Waals surface area contributed by atoms with Crippen LogP contribution in [0.2, 0.25) is 0 Å². The molecular formula is C21H19FN2O4S. The number of amides is 1. The van der Waals surface area contributed by atoms with Crippen LogP contribution in [-0.2, 0) is 16.1 Å². The molecule has 1 aromatic carbocycles. The van der Waals surface area contributed by atoms with Gasteiger partial charge in [0, 0.05) is 24.0 Å². The molecule has 0 saturated carbocycles. The number of esters is 1. The Morgan fingerprint density at radius 1 is 1.21 bits per heavy atom. The van der Waals surface area contributed by atoms with Crippen LogP contribution in [0.5, 0.6) is 0 Å². The summed E-state index contributed by atoms with van der Waals surface area (Å²) in [6, 6.07) is 9.12. The lowest BCUT2D eigenvalue weighted by Gasteiger charge is -2.31. The number of halogens is 1. The number of likely N-dealkylation sites (tertiary alicyclic amines) is 1. The molecule has 6 nitrogen and oxygen atoms in total. The molecule has 3 aromatic rings. The van der Waals surface area contributed by atoms with Crippen molar-refractivity contribution in [1.82, 2.24) is 9.88 Å². The van der Waals surface area contributed by atoms with Crippen molar-refractivity contribution in [3.8, 4) is 10.8 Å². The molecule has 0 radical (unpaired) electrons. The van der Waals surface area contributed by atoms with Crippen LogP contribution < -0.4 is 0 Å². The minimum atomic E-state index is -0.376. The van der Waals surface area contributed by atoms with Crippen molar-refractivity contribution in [2.24, 2.45) is 5.92 Å². The first kappa shape index (κ1) is 19.3. The van der Waals surface area contributed by atoms with Gasteiger partial charge in [0.2, 0.25) is 0 Å². The van der Waals surface area contributed by atoms with E-state index < -0.39 is 0 Å². The lowest BCUT2D eigenvalue weighted by molar-refractivity contribution is -0.151. The smallest absolute Gasteiger partial charge is 0.309 e. The van der Waals surface area contributed by atoms with Gasteiger partial charge in [0.05, 0.1) is 17.9 Å². The second kappa shape index (κ2) is 8.57. The maximum atomic E-state index is 13.0. The summed E-state index contributed by atoms with van der Waals surface area (Å²) in [5, 5.41) is 2.59. The molecule has 3 heterocycles. The van der Waals surface area contributed by atoms with E-state index in [-0.39, 0.29) is 30.2 Å². The monoisotopic (exact) mass is 414 g/mol. The number of hydrogen-bond donors (Lipinski definition) is 0. The molecule has 4 rings (SSSR count). The number of carbonyl (C=O) groups is 2. The van der Waals surface area contributed by atoms with E-state index in [0.717, 1.165) is 5.01 Å². The van der Waals surface area contributed by atoms with Crippen LogP contribution in [0.15, 0.2) is 52.5 Å². The second-order valence-corrected chi connectivity index (χ2v) is 7.66. The third-order valence-electron chi connectivity index (χ3n) is 4.85. The Morgan fingerprint density at radius 2 is 1.97 bits per heavy atom. The molecule has 29 heavy (non-hydrogen) atoms. The number of furan rings is 1. The first-order chi connectivity index (χ1) is 14.1. The Hall–Kier alpha value is -3.00. The van der Waals surface area contributed by atoms with Gasteiger partial charge in [-0.3, -0.25) is 9.59 Å². The van der Waals surface area contributed by atoms with Gasteiger partial charge < -0.3 is 14.1 Å². The summed E-state index contributed by atoms with van der Waals surface area (Å²) in [5.74, 6) is -0.350. The SMILES string of the molecule is O=C(OCc1csc(-c2ccco2)n1)C1CCN(C(=O)c2ccc(F)cc2)CC1. The van der Waals surface area contributed by atoms with Crippen molar-refractivity contribution in [2.45, 2.75) is 19.4 Å². The number of piperidine rings is 1. The van der Waals surface area contributed by atoms with E-state index in [0.29, 0.717) is 42.9 Å². The van der Waals surface area contributed by atoms with Gasteiger partial charge in [-0.05, 0) is 49.2 Å². The Labute approximate surface area is 170 Å². The zero-order valence-corrected chi connectivity index (χ0v) is 16.4. The van der Waals surface area contributed by atoms with Crippen molar-refractivity contribution >= 4 is 23.2 Å². The molecule has 150 valence electrons. The van der Waals surface area contributed by atoms with Crippen molar-refractivity contribution in [3.05, 3.63) is 65.1 Å². The Morgan fingerprint density at radius 3 is 2.66 bits per heavy atom. The predicted octanol–water partition coefficient (Wildman–Crippen LogP) is 4.14. The lowest BCUT2D eigenvalue weighted by atomic mass is 9.96. The largest absolute Gasteiger partial charge is 0.462 e. The number of aromatic nitrogens is 1. The highest BCUT2D eigenvalue weighted by atomic mass is 32.1. The molecule has 1 aliphatic rings. The van der Waals surface area contributed by atoms with E-state index in [9.17, 15) is 14.0 Å². The van der Waals surface area contributed by atoms with Gasteiger partial charge in [-0.1, -0.05) is 0 Å². The van der Waals surface area contributed by atoms with Gasteiger partial charge in [-0.15, -0.1) is 11.3 Å². The average molecular weight is 414 g/mol. The second-order valence-electron chi connectivity index (χ2n) is 6.80. The summed E-state index contributed by atoms with van der Waals surface area (Å²) in [6.07, 6.45) is 2.67.